The predicted molar refractivity (Wildman–Crippen MR) is 100 cm³/mol. The number of nitrogens with zero attached hydrogens (tertiary/aromatic N) is 1. The van der Waals surface area contributed by atoms with E-state index < -0.39 is 10.0 Å². The molecule has 2 aliphatic rings. The minimum Gasteiger partial charge on any atom is -0.338 e. The van der Waals surface area contributed by atoms with Gasteiger partial charge in [0.2, 0.25) is 5.91 Å². The largest absolute Gasteiger partial charge is 0.338 e. The number of fused-ring (bicyclic) bond motifs is 1. The van der Waals surface area contributed by atoms with Crippen molar-refractivity contribution in [1.82, 2.24) is 4.90 Å². The average Bonchev–Trinajstić information content (AvgIpc) is 3.23. The second-order valence-electron chi connectivity index (χ2n) is 7.01. The Morgan fingerprint density at radius 1 is 0.962 bits per heavy atom. The van der Waals surface area contributed by atoms with Crippen LogP contribution in [-0.4, -0.2) is 25.8 Å². The van der Waals surface area contributed by atoms with E-state index in [4.69, 9.17) is 0 Å². The Morgan fingerprint density at radius 3 is 2.62 bits per heavy atom. The molecule has 4 rings (SSSR count). The SMILES string of the molecule is O=C1CCCN1Cc1cccc(NS(=O)(=O)c2ccc3c(c2)CCC3)c1. The van der Waals surface area contributed by atoms with Crippen molar-refractivity contribution >= 4 is 21.6 Å². The van der Waals surface area contributed by atoms with Crippen molar-refractivity contribution < 1.29 is 13.2 Å². The molecule has 2 aromatic carbocycles. The van der Waals surface area contributed by atoms with E-state index in [1.165, 1.54) is 5.56 Å². The number of anilines is 1. The summed E-state index contributed by atoms with van der Waals surface area (Å²) in [5, 5.41) is 0. The molecule has 6 heteroatoms. The van der Waals surface area contributed by atoms with Gasteiger partial charge in [-0.2, -0.15) is 0 Å². The van der Waals surface area contributed by atoms with Gasteiger partial charge in [0.15, 0.2) is 0 Å². The standard InChI is InChI=1S/C20H22N2O3S/c23-20-8-3-11-22(20)14-15-4-1-7-18(12-15)21-26(24,25)19-10-9-16-5-2-6-17(16)13-19/h1,4,7,9-10,12-13,21H,2-3,5-6,8,11,14H2. The van der Waals surface area contributed by atoms with Crippen LogP contribution in [0.4, 0.5) is 5.69 Å². The molecule has 1 heterocycles. The summed E-state index contributed by atoms with van der Waals surface area (Å²) in [4.78, 5) is 13.9. The number of carbonyl (C=O) groups excluding carboxylic acids is 1. The van der Waals surface area contributed by atoms with Crippen molar-refractivity contribution in [2.24, 2.45) is 0 Å². The molecule has 0 unspecified atom stereocenters. The lowest BCUT2D eigenvalue weighted by molar-refractivity contribution is -0.128. The van der Waals surface area contributed by atoms with Gasteiger partial charge in [-0.05, 0) is 66.6 Å². The maximum Gasteiger partial charge on any atom is 0.261 e. The van der Waals surface area contributed by atoms with Crippen LogP contribution < -0.4 is 4.72 Å². The molecule has 0 radical (unpaired) electrons. The number of carbonyl (C=O) groups is 1. The number of rotatable bonds is 5. The lowest BCUT2D eigenvalue weighted by Gasteiger charge is -2.16. The molecule has 0 saturated carbocycles. The highest BCUT2D eigenvalue weighted by Crippen LogP contribution is 2.26. The Balaban J connectivity index is 1.52. The number of hydrogen-bond acceptors (Lipinski definition) is 3. The average molecular weight is 370 g/mol. The molecule has 1 fully saturated rings. The van der Waals surface area contributed by atoms with Crippen molar-refractivity contribution in [1.29, 1.82) is 0 Å². The molecule has 1 saturated heterocycles. The first-order valence-electron chi connectivity index (χ1n) is 9.03. The van der Waals surface area contributed by atoms with Gasteiger partial charge in [0.25, 0.3) is 10.0 Å². The van der Waals surface area contributed by atoms with Crippen molar-refractivity contribution in [3.63, 3.8) is 0 Å². The number of sulfonamides is 1. The van der Waals surface area contributed by atoms with Crippen LogP contribution in [-0.2, 0) is 34.2 Å². The topological polar surface area (TPSA) is 66.5 Å². The van der Waals surface area contributed by atoms with Crippen molar-refractivity contribution in [3.8, 4) is 0 Å². The first kappa shape index (κ1) is 17.1. The summed E-state index contributed by atoms with van der Waals surface area (Å²) >= 11 is 0. The number of nitrogens with one attached hydrogen (secondary N) is 1. The summed E-state index contributed by atoms with van der Waals surface area (Å²) in [5.41, 5.74) is 3.83. The zero-order valence-electron chi connectivity index (χ0n) is 14.6. The minimum atomic E-state index is -3.62. The van der Waals surface area contributed by atoms with E-state index in [2.05, 4.69) is 4.72 Å². The molecule has 1 aliphatic carbocycles. The van der Waals surface area contributed by atoms with Crippen LogP contribution in [0.3, 0.4) is 0 Å². The monoisotopic (exact) mass is 370 g/mol. The fourth-order valence-electron chi connectivity index (χ4n) is 3.75. The molecule has 1 aliphatic heterocycles. The maximum absolute atomic E-state index is 12.7. The third kappa shape index (κ3) is 3.46. The highest BCUT2D eigenvalue weighted by atomic mass is 32.2. The Morgan fingerprint density at radius 2 is 1.81 bits per heavy atom. The predicted octanol–water partition coefficient (Wildman–Crippen LogP) is 3.10. The normalized spacial score (nSPS) is 16.8. The Hall–Kier alpha value is -2.34. The number of likely N-dealkylation sites (tertiary alicyclic amines) is 1. The molecular formula is C20H22N2O3S. The fraction of sp³-hybridized carbons (Fsp3) is 0.350. The first-order valence-corrected chi connectivity index (χ1v) is 10.5. The van der Waals surface area contributed by atoms with Gasteiger partial charge < -0.3 is 4.90 Å². The Kier molecular flexibility index (Phi) is 4.44. The van der Waals surface area contributed by atoms with E-state index >= 15 is 0 Å². The second kappa shape index (κ2) is 6.76. The molecule has 0 aromatic heterocycles. The molecule has 5 nitrogen and oxygen atoms in total. The summed E-state index contributed by atoms with van der Waals surface area (Å²) in [6.07, 6.45) is 4.55. The van der Waals surface area contributed by atoms with E-state index in [9.17, 15) is 13.2 Å². The van der Waals surface area contributed by atoms with E-state index in [1.54, 1.807) is 24.3 Å². The number of aryl methyl sites for hydroxylation is 2. The van der Waals surface area contributed by atoms with E-state index in [0.717, 1.165) is 43.4 Å². The minimum absolute atomic E-state index is 0.161. The van der Waals surface area contributed by atoms with Crippen molar-refractivity contribution in [2.45, 2.75) is 43.5 Å². The van der Waals surface area contributed by atoms with Gasteiger partial charge in [0.05, 0.1) is 4.90 Å². The van der Waals surface area contributed by atoms with E-state index in [-0.39, 0.29) is 5.91 Å². The van der Waals surface area contributed by atoms with Gasteiger partial charge in [-0.1, -0.05) is 18.2 Å². The van der Waals surface area contributed by atoms with Crippen LogP contribution in [0, 0.1) is 0 Å². The first-order chi connectivity index (χ1) is 12.5. The highest BCUT2D eigenvalue weighted by Gasteiger charge is 2.21. The fourth-order valence-corrected chi connectivity index (χ4v) is 4.85. The summed E-state index contributed by atoms with van der Waals surface area (Å²) in [6.45, 7) is 1.29. The molecule has 0 spiro atoms. The quantitative estimate of drug-likeness (QED) is 0.879. The molecule has 2 aromatic rings. The zero-order valence-corrected chi connectivity index (χ0v) is 15.4. The van der Waals surface area contributed by atoms with Crippen LogP contribution >= 0.6 is 0 Å². The van der Waals surface area contributed by atoms with Crippen LogP contribution in [0.25, 0.3) is 0 Å². The van der Waals surface area contributed by atoms with Crippen molar-refractivity contribution in [3.05, 3.63) is 59.2 Å². The maximum atomic E-state index is 12.7. The van der Waals surface area contributed by atoms with E-state index in [0.29, 0.717) is 23.5 Å². The highest BCUT2D eigenvalue weighted by molar-refractivity contribution is 7.92. The van der Waals surface area contributed by atoms with Gasteiger partial charge in [0.1, 0.15) is 0 Å². The zero-order chi connectivity index (χ0) is 18.1. The van der Waals surface area contributed by atoms with Crippen LogP contribution in [0.15, 0.2) is 47.4 Å². The third-order valence-electron chi connectivity index (χ3n) is 5.10. The Bertz CT molecular complexity index is 953. The number of hydrogen-bond donors (Lipinski definition) is 1. The van der Waals surface area contributed by atoms with Gasteiger partial charge in [-0.3, -0.25) is 9.52 Å². The number of amides is 1. The molecular weight excluding hydrogens is 348 g/mol. The molecule has 1 amide bonds. The molecule has 26 heavy (non-hydrogen) atoms. The second-order valence-corrected chi connectivity index (χ2v) is 8.69. The lowest BCUT2D eigenvalue weighted by atomic mass is 10.1. The summed E-state index contributed by atoms with van der Waals surface area (Å²) < 4.78 is 28.1. The van der Waals surface area contributed by atoms with E-state index in [1.807, 2.05) is 23.1 Å². The van der Waals surface area contributed by atoms with Gasteiger partial charge in [-0.25, -0.2) is 8.42 Å². The summed E-state index contributed by atoms with van der Waals surface area (Å²) in [5.74, 6) is 0.161. The summed E-state index contributed by atoms with van der Waals surface area (Å²) in [7, 11) is -3.62. The van der Waals surface area contributed by atoms with Crippen LogP contribution in [0.2, 0.25) is 0 Å². The molecule has 0 atom stereocenters. The van der Waals surface area contributed by atoms with Gasteiger partial charge in [-0.15, -0.1) is 0 Å². The lowest BCUT2D eigenvalue weighted by Crippen LogP contribution is -2.23. The summed E-state index contributed by atoms with van der Waals surface area (Å²) in [6, 6.07) is 12.7. The van der Waals surface area contributed by atoms with Crippen LogP contribution in [0.1, 0.15) is 36.0 Å². The van der Waals surface area contributed by atoms with Gasteiger partial charge >= 0.3 is 0 Å². The molecule has 1 N–H and O–H groups in total. The number of benzene rings is 2. The Labute approximate surface area is 154 Å². The van der Waals surface area contributed by atoms with Crippen LogP contribution in [0.5, 0.6) is 0 Å². The van der Waals surface area contributed by atoms with Crippen molar-refractivity contribution in [2.75, 3.05) is 11.3 Å². The smallest absolute Gasteiger partial charge is 0.261 e. The molecule has 136 valence electrons. The molecule has 0 bridgehead atoms. The third-order valence-corrected chi connectivity index (χ3v) is 6.48. The van der Waals surface area contributed by atoms with Gasteiger partial charge in [0, 0.05) is 25.2 Å².